The Labute approximate surface area is 168 Å². The van der Waals surface area contributed by atoms with Gasteiger partial charge in [-0.15, -0.1) is 5.06 Å². The molecule has 0 radical (unpaired) electrons. The molecule has 3 rings (SSSR count). The first-order chi connectivity index (χ1) is 13.5. The summed E-state index contributed by atoms with van der Waals surface area (Å²) in [6.45, 7) is 1.24. The van der Waals surface area contributed by atoms with Gasteiger partial charge in [0, 0.05) is 32.5 Å². The van der Waals surface area contributed by atoms with Crippen LogP contribution in [0.1, 0.15) is 30.4 Å². The number of hydrogen-bond acceptors (Lipinski definition) is 7. The number of hydrogen-bond donors (Lipinski definition) is 2. The van der Waals surface area contributed by atoms with E-state index in [2.05, 4.69) is 11.4 Å². The molecule has 1 spiro atoms. The molecule has 0 saturated carbocycles. The van der Waals surface area contributed by atoms with Gasteiger partial charge in [-0.05, 0) is 36.1 Å². The maximum absolute atomic E-state index is 13.2. The lowest BCUT2D eigenvalue weighted by Gasteiger charge is -2.43. The summed E-state index contributed by atoms with van der Waals surface area (Å²) in [5.41, 5.74) is 0.944. The van der Waals surface area contributed by atoms with Crippen molar-refractivity contribution in [3.05, 3.63) is 35.4 Å². The van der Waals surface area contributed by atoms with Crippen molar-refractivity contribution >= 4 is 23.8 Å². The van der Waals surface area contributed by atoms with Crippen LogP contribution in [0.2, 0.25) is 0 Å². The van der Waals surface area contributed by atoms with Crippen LogP contribution in [0.25, 0.3) is 0 Å². The van der Waals surface area contributed by atoms with E-state index < -0.39 is 11.8 Å². The molecule has 2 N–H and O–H groups in total. The summed E-state index contributed by atoms with van der Waals surface area (Å²) in [4.78, 5) is 30.6. The Morgan fingerprint density at radius 2 is 2.21 bits per heavy atom. The van der Waals surface area contributed by atoms with Crippen molar-refractivity contribution in [2.24, 2.45) is 0 Å². The van der Waals surface area contributed by atoms with Gasteiger partial charge in [0.2, 0.25) is 5.91 Å². The average Bonchev–Trinajstić information content (AvgIpc) is 2.93. The third-order valence-corrected chi connectivity index (χ3v) is 5.93. The molecule has 1 atom stereocenters. The molecule has 1 amide bonds. The van der Waals surface area contributed by atoms with Crippen LogP contribution in [0.4, 0.5) is 4.79 Å². The van der Waals surface area contributed by atoms with E-state index in [0.717, 1.165) is 17.7 Å². The minimum atomic E-state index is -1.32. The highest BCUT2D eigenvalue weighted by Crippen LogP contribution is 2.35. The van der Waals surface area contributed by atoms with E-state index in [1.807, 2.05) is 23.3 Å². The molecule has 1 aromatic rings. The number of piperidine rings is 1. The molecule has 0 aromatic heterocycles. The number of amides is 1. The number of rotatable bonds is 6. The fraction of sp³-hybridized carbons (Fsp3) is 0.526. The van der Waals surface area contributed by atoms with Gasteiger partial charge in [0.15, 0.2) is 0 Å². The molecule has 2 heterocycles. The van der Waals surface area contributed by atoms with Crippen LogP contribution in [0, 0.1) is 11.3 Å². The second-order valence-electron chi connectivity index (χ2n) is 7.03. The number of carboxylic acid groups (broad SMARTS) is 1. The van der Waals surface area contributed by atoms with Gasteiger partial charge < -0.3 is 14.8 Å². The Morgan fingerprint density at radius 1 is 1.46 bits per heavy atom. The Morgan fingerprint density at radius 3 is 2.86 bits per heavy atom. The zero-order valence-electron chi connectivity index (χ0n) is 15.8. The average molecular weight is 404 g/mol. The van der Waals surface area contributed by atoms with Crippen molar-refractivity contribution in [3.8, 4) is 6.07 Å². The predicted molar refractivity (Wildman–Crippen MR) is 104 cm³/mol. The summed E-state index contributed by atoms with van der Waals surface area (Å²) in [7, 11) is 0. The third-order valence-electron chi connectivity index (χ3n) is 5.29. The molecule has 9 heteroatoms. The third kappa shape index (κ3) is 4.41. The van der Waals surface area contributed by atoms with Gasteiger partial charge in [0.1, 0.15) is 0 Å². The van der Waals surface area contributed by atoms with Crippen molar-refractivity contribution in [2.75, 3.05) is 25.1 Å². The largest absolute Gasteiger partial charge is 0.525 e. The lowest BCUT2D eigenvalue weighted by molar-refractivity contribution is -0.157. The fourth-order valence-corrected chi connectivity index (χ4v) is 4.39. The summed E-state index contributed by atoms with van der Waals surface area (Å²) in [6, 6.07) is 9.17. The normalized spacial score (nSPS) is 21.6. The number of hydroxylamine groups is 2. The van der Waals surface area contributed by atoms with Crippen LogP contribution in [-0.2, 0) is 16.2 Å². The van der Waals surface area contributed by atoms with Gasteiger partial charge in [-0.2, -0.15) is 17.0 Å². The van der Waals surface area contributed by atoms with E-state index >= 15 is 0 Å². The molecule has 2 aliphatic rings. The molecular weight excluding hydrogens is 380 g/mol. The first-order valence-corrected chi connectivity index (χ1v) is 10.6. The van der Waals surface area contributed by atoms with Crippen LogP contribution in [-0.4, -0.2) is 63.9 Å². The van der Waals surface area contributed by atoms with Crippen molar-refractivity contribution < 1.29 is 19.5 Å². The molecule has 1 aromatic carbocycles. The van der Waals surface area contributed by atoms with E-state index in [1.165, 1.54) is 5.06 Å². The molecule has 2 saturated heterocycles. The number of nitrogens with zero attached hydrogens (tertiary/aromatic N) is 3. The number of carbonyl (C=O) groups is 2. The van der Waals surface area contributed by atoms with Crippen LogP contribution >= 0.6 is 11.8 Å². The van der Waals surface area contributed by atoms with E-state index in [4.69, 9.17) is 15.2 Å². The van der Waals surface area contributed by atoms with Crippen LogP contribution in [0.5, 0.6) is 0 Å². The van der Waals surface area contributed by atoms with Gasteiger partial charge >= 0.3 is 6.16 Å². The minimum Gasteiger partial charge on any atom is -0.448 e. The Hall–Kier alpha value is -2.28. The maximum atomic E-state index is 13.2. The van der Waals surface area contributed by atoms with Gasteiger partial charge in [-0.25, -0.2) is 4.79 Å². The van der Waals surface area contributed by atoms with Gasteiger partial charge in [0.05, 0.1) is 23.3 Å². The Balaban J connectivity index is 1.80. The quantitative estimate of drug-likeness (QED) is 0.742. The zero-order valence-corrected chi connectivity index (χ0v) is 16.6. The molecule has 150 valence electrons. The van der Waals surface area contributed by atoms with Gasteiger partial charge in [-0.3, -0.25) is 10.1 Å². The molecule has 1 unspecified atom stereocenters. The topological polar surface area (TPSA) is 106 Å². The van der Waals surface area contributed by atoms with Crippen molar-refractivity contribution in [1.29, 1.82) is 5.26 Å². The van der Waals surface area contributed by atoms with Crippen LogP contribution < -0.4 is 5.32 Å². The number of nitriles is 1. The van der Waals surface area contributed by atoms with Crippen molar-refractivity contribution in [1.82, 2.24) is 15.3 Å². The monoisotopic (exact) mass is 404 g/mol. The molecule has 2 aliphatic heterocycles. The van der Waals surface area contributed by atoms with Gasteiger partial charge in [0.25, 0.3) is 0 Å². The highest BCUT2D eigenvalue weighted by atomic mass is 32.2. The SMILES string of the molecule is CSCCC1NC2(CCN(OC(=O)O)CC2)N(Cc2cccc(C#N)c2)C1=O. The van der Waals surface area contributed by atoms with E-state index in [9.17, 15) is 9.59 Å². The number of benzene rings is 1. The predicted octanol–water partition coefficient (Wildman–Crippen LogP) is 2.01. The standard InChI is InChI=1S/C19H24N4O4S/c1-28-10-5-16-17(24)23(13-15-4-2-3-14(11-15)12-20)19(21-16)6-8-22(9-7-19)27-18(25)26/h2-4,11,16,21H,5-10,13H2,1H3,(H,25,26). The maximum Gasteiger partial charge on any atom is 0.525 e. The molecule has 2 fully saturated rings. The summed E-state index contributed by atoms with van der Waals surface area (Å²) < 4.78 is 0. The molecule has 28 heavy (non-hydrogen) atoms. The fourth-order valence-electron chi connectivity index (χ4n) is 3.92. The van der Waals surface area contributed by atoms with Crippen LogP contribution in [0.3, 0.4) is 0 Å². The Bertz CT molecular complexity index is 773. The molecule has 0 aliphatic carbocycles. The second kappa shape index (κ2) is 8.82. The van der Waals surface area contributed by atoms with E-state index in [-0.39, 0.29) is 11.9 Å². The minimum absolute atomic E-state index is 0.0593. The number of carbonyl (C=O) groups excluding carboxylic acids is 1. The number of nitrogens with one attached hydrogen (secondary N) is 1. The van der Waals surface area contributed by atoms with Crippen molar-refractivity contribution in [2.45, 2.75) is 37.5 Å². The smallest absolute Gasteiger partial charge is 0.448 e. The first-order valence-electron chi connectivity index (χ1n) is 9.20. The summed E-state index contributed by atoms with van der Waals surface area (Å²) in [6.07, 6.45) is 2.57. The first kappa shape index (κ1) is 20.5. The van der Waals surface area contributed by atoms with E-state index in [1.54, 1.807) is 23.9 Å². The summed E-state index contributed by atoms with van der Waals surface area (Å²) in [5.74, 6) is 0.940. The molecular formula is C19H24N4O4S. The Kier molecular flexibility index (Phi) is 6.44. The highest BCUT2D eigenvalue weighted by Gasteiger charge is 2.51. The summed E-state index contributed by atoms with van der Waals surface area (Å²) >= 11 is 1.70. The molecule has 8 nitrogen and oxygen atoms in total. The number of thioether (sulfide) groups is 1. The van der Waals surface area contributed by atoms with Crippen LogP contribution in [0.15, 0.2) is 24.3 Å². The zero-order chi connectivity index (χ0) is 20.1. The summed E-state index contributed by atoms with van der Waals surface area (Å²) in [5, 5.41) is 22.9. The lowest BCUT2D eigenvalue weighted by Crippen LogP contribution is -2.58. The lowest BCUT2D eigenvalue weighted by atomic mass is 9.96. The van der Waals surface area contributed by atoms with Crippen molar-refractivity contribution in [3.63, 3.8) is 0 Å². The second-order valence-corrected chi connectivity index (χ2v) is 8.02. The highest BCUT2D eigenvalue weighted by molar-refractivity contribution is 7.98. The molecule has 0 bridgehead atoms. The van der Waals surface area contributed by atoms with Gasteiger partial charge in [-0.1, -0.05) is 12.1 Å². The van der Waals surface area contributed by atoms with E-state index in [0.29, 0.717) is 38.0 Å².